The Labute approximate surface area is 100 Å². The van der Waals surface area contributed by atoms with Crippen LogP contribution < -0.4 is 4.90 Å². The molecule has 17 heavy (non-hydrogen) atoms. The third-order valence-corrected chi connectivity index (χ3v) is 2.38. The van der Waals surface area contributed by atoms with E-state index in [4.69, 9.17) is 5.11 Å². The van der Waals surface area contributed by atoms with Crippen LogP contribution in [0.25, 0.3) is 0 Å². The first-order valence-corrected chi connectivity index (χ1v) is 5.38. The standard InChI is InChI=1S/C13H16FNO2/c1-4-15(8-9(2)3)12-10(13(16)17)6-5-7-11(12)14/h5-7H,2,4,8H2,1,3H3,(H,16,17). The lowest BCUT2D eigenvalue weighted by atomic mass is 10.1. The molecule has 92 valence electrons. The molecule has 0 saturated carbocycles. The van der Waals surface area contributed by atoms with Gasteiger partial charge in [-0.25, -0.2) is 9.18 Å². The smallest absolute Gasteiger partial charge is 0.337 e. The minimum atomic E-state index is -1.13. The van der Waals surface area contributed by atoms with Gasteiger partial charge in [0, 0.05) is 13.1 Å². The maximum atomic E-state index is 13.8. The maximum absolute atomic E-state index is 13.8. The van der Waals surface area contributed by atoms with Gasteiger partial charge in [0.2, 0.25) is 0 Å². The van der Waals surface area contributed by atoms with Crippen molar-refractivity contribution in [3.8, 4) is 0 Å². The van der Waals surface area contributed by atoms with Crippen molar-refractivity contribution in [2.75, 3.05) is 18.0 Å². The normalized spacial score (nSPS) is 10.1. The zero-order valence-corrected chi connectivity index (χ0v) is 10.0. The van der Waals surface area contributed by atoms with Gasteiger partial charge in [-0.1, -0.05) is 18.2 Å². The van der Waals surface area contributed by atoms with Gasteiger partial charge in [0.15, 0.2) is 0 Å². The zero-order valence-electron chi connectivity index (χ0n) is 10.0. The summed E-state index contributed by atoms with van der Waals surface area (Å²) >= 11 is 0. The molecule has 0 aliphatic rings. The quantitative estimate of drug-likeness (QED) is 0.800. The third-order valence-electron chi connectivity index (χ3n) is 2.38. The molecule has 1 N–H and O–H groups in total. The largest absolute Gasteiger partial charge is 0.478 e. The molecule has 0 saturated heterocycles. The number of carboxylic acid groups (broad SMARTS) is 1. The number of hydrogen-bond acceptors (Lipinski definition) is 2. The predicted molar refractivity (Wildman–Crippen MR) is 66.1 cm³/mol. The zero-order chi connectivity index (χ0) is 13.0. The van der Waals surface area contributed by atoms with Crippen LogP contribution in [0.15, 0.2) is 30.4 Å². The van der Waals surface area contributed by atoms with E-state index in [9.17, 15) is 9.18 Å². The lowest BCUT2D eigenvalue weighted by Crippen LogP contribution is -2.27. The second-order valence-corrected chi connectivity index (χ2v) is 3.91. The van der Waals surface area contributed by atoms with Crippen LogP contribution in [0.4, 0.5) is 10.1 Å². The van der Waals surface area contributed by atoms with Gasteiger partial charge in [-0.2, -0.15) is 0 Å². The average molecular weight is 237 g/mol. The van der Waals surface area contributed by atoms with Crippen molar-refractivity contribution in [2.45, 2.75) is 13.8 Å². The number of benzene rings is 1. The molecule has 0 spiro atoms. The molecule has 0 aromatic heterocycles. The molecule has 0 fully saturated rings. The van der Waals surface area contributed by atoms with E-state index in [2.05, 4.69) is 6.58 Å². The number of aromatic carboxylic acids is 1. The first-order valence-electron chi connectivity index (χ1n) is 5.38. The van der Waals surface area contributed by atoms with Crippen LogP contribution in [0.5, 0.6) is 0 Å². The molecule has 0 atom stereocenters. The molecule has 0 amide bonds. The summed E-state index contributed by atoms with van der Waals surface area (Å²) in [6.07, 6.45) is 0. The molecule has 1 aromatic carbocycles. The van der Waals surface area contributed by atoms with E-state index in [-0.39, 0.29) is 11.3 Å². The minimum Gasteiger partial charge on any atom is -0.478 e. The molecule has 0 aliphatic carbocycles. The number of para-hydroxylation sites is 1. The van der Waals surface area contributed by atoms with Crippen LogP contribution in [-0.2, 0) is 0 Å². The Morgan fingerprint density at radius 3 is 2.65 bits per heavy atom. The summed E-state index contributed by atoms with van der Waals surface area (Å²) in [6.45, 7) is 8.40. The molecular formula is C13H16FNO2. The number of anilines is 1. The highest BCUT2D eigenvalue weighted by atomic mass is 19.1. The molecule has 0 aliphatic heterocycles. The van der Waals surface area contributed by atoms with Crippen molar-refractivity contribution in [3.63, 3.8) is 0 Å². The van der Waals surface area contributed by atoms with Crippen molar-refractivity contribution in [2.24, 2.45) is 0 Å². The molecule has 1 aromatic rings. The Morgan fingerprint density at radius 1 is 1.53 bits per heavy atom. The van der Waals surface area contributed by atoms with Crippen LogP contribution in [0.1, 0.15) is 24.2 Å². The molecule has 0 radical (unpaired) electrons. The number of carboxylic acids is 1. The summed E-state index contributed by atoms with van der Waals surface area (Å²) < 4.78 is 13.8. The Hall–Kier alpha value is -1.84. The highest BCUT2D eigenvalue weighted by Gasteiger charge is 2.19. The fraction of sp³-hybridized carbons (Fsp3) is 0.308. The SMILES string of the molecule is C=C(C)CN(CC)c1c(F)cccc1C(=O)O. The lowest BCUT2D eigenvalue weighted by Gasteiger charge is -2.25. The van der Waals surface area contributed by atoms with Gasteiger partial charge < -0.3 is 10.0 Å². The van der Waals surface area contributed by atoms with E-state index in [0.29, 0.717) is 13.1 Å². The second kappa shape index (κ2) is 5.48. The highest BCUT2D eigenvalue weighted by molar-refractivity contribution is 5.94. The molecule has 3 nitrogen and oxygen atoms in total. The van der Waals surface area contributed by atoms with E-state index in [0.717, 1.165) is 5.57 Å². The van der Waals surface area contributed by atoms with E-state index >= 15 is 0 Å². The number of likely N-dealkylation sites (N-methyl/N-ethyl adjacent to an activating group) is 1. The molecule has 0 heterocycles. The predicted octanol–water partition coefficient (Wildman–Crippen LogP) is 2.93. The first-order chi connectivity index (χ1) is 7.97. The van der Waals surface area contributed by atoms with Crippen molar-refractivity contribution in [1.29, 1.82) is 0 Å². The second-order valence-electron chi connectivity index (χ2n) is 3.91. The van der Waals surface area contributed by atoms with Crippen LogP contribution in [0.3, 0.4) is 0 Å². The van der Waals surface area contributed by atoms with Crippen LogP contribution in [-0.4, -0.2) is 24.2 Å². The van der Waals surface area contributed by atoms with Crippen molar-refractivity contribution < 1.29 is 14.3 Å². The molecule has 1 rings (SSSR count). The van der Waals surface area contributed by atoms with E-state index in [1.807, 2.05) is 13.8 Å². The Balaban J connectivity index is 3.25. The van der Waals surface area contributed by atoms with Crippen LogP contribution in [0.2, 0.25) is 0 Å². The molecular weight excluding hydrogens is 221 g/mol. The fourth-order valence-corrected chi connectivity index (χ4v) is 1.68. The molecule has 0 unspecified atom stereocenters. The van der Waals surface area contributed by atoms with Gasteiger partial charge >= 0.3 is 5.97 Å². The number of hydrogen-bond donors (Lipinski definition) is 1. The summed E-state index contributed by atoms with van der Waals surface area (Å²) in [5.74, 6) is -1.65. The van der Waals surface area contributed by atoms with Gasteiger partial charge in [0.05, 0.1) is 11.3 Å². The van der Waals surface area contributed by atoms with Gasteiger partial charge in [0.25, 0.3) is 0 Å². The lowest BCUT2D eigenvalue weighted by molar-refractivity contribution is 0.0697. The topological polar surface area (TPSA) is 40.5 Å². The van der Waals surface area contributed by atoms with Crippen molar-refractivity contribution in [1.82, 2.24) is 0 Å². The minimum absolute atomic E-state index is 0.0203. The third kappa shape index (κ3) is 3.06. The Bertz CT molecular complexity index is 443. The summed E-state index contributed by atoms with van der Waals surface area (Å²) in [4.78, 5) is 12.7. The van der Waals surface area contributed by atoms with Gasteiger partial charge in [-0.3, -0.25) is 0 Å². The van der Waals surface area contributed by atoms with E-state index < -0.39 is 11.8 Å². The molecule has 0 bridgehead atoms. The Kier molecular flexibility index (Phi) is 4.26. The summed E-state index contributed by atoms with van der Waals surface area (Å²) in [5, 5.41) is 9.05. The van der Waals surface area contributed by atoms with Crippen molar-refractivity contribution in [3.05, 3.63) is 41.7 Å². The van der Waals surface area contributed by atoms with Gasteiger partial charge in [-0.05, 0) is 26.0 Å². The summed E-state index contributed by atoms with van der Waals surface area (Å²) in [5.41, 5.74) is 0.963. The number of nitrogens with zero attached hydrogens (tertiary/aromatic N) is 1. The monoisotopic (exact) mass is 237 g/mol. The van der Waals surface area contributed by atoms with Crippen LogP contribution in [0, 0.1) is 5.82 Å². The summed E-state index contributed by atoms with van der Waals surface area (Å²) in [7, 11) is 0. The number of carbonyl (C=O) groups is 1. The average Bonchev–Trinajstić information content (AvgIpc) is 2.25. The number of rotatable bonds is 5. The van der Waals surface area contributed by atoms with E-state index in [1.165, 1.54) is 18.2 Å². The maximum Gasteiger partial charge on any atom is 0.337 e. The first kappa shape index (κ1) is 13.2. The molecule has 4 heteroatoms. The Morgan fingerprint density at radius 2 is 2.18 bits per heavy atom. The van der Waals surface area contributed by atoms with E-state index in [1.54, 1.807) is 4.90 Å². The highest BCUT2D eigenvalue weighted by Crippen LogP contribution is 2.25. The van der Waals surface area contributed by atoms with Gasteiger partial charge in [0.1, 0.15) is 5.82 Å². The summed E-state index contributed by atoms with van der Waals surface area (Å²) in [6, 6.07) is 4.07. The van der Waals surface area contributed by atoms with Gasteiger partial charge in [-0.15, -0.1) is 0 Å². The van der Waals surface area contributed by atoms with Crippen molar-refractivity contribution >= 4 is 11.7 Å². The fourth-order valence-electron chi connectivity index (χ4n) is 1.68. The van der Waals surface area contributed by atoms with Crippen LogP contribution >= 0.6 is 0 Å². The number of halogens is 1.